The van der Waals surface area contributed by atoms with Gasteiger partial charge in [0.1, 0.15) is 6.33 Å². The number of hydrogen-bond donors (Lipinski definition) is 0. The number of rotatable bonds is 5. The summed E-state index contributed by atoms with van der Waals surface area (Å²) in [5, 5.41) is 9.46. The number of hydrogen-bond acceptors (Lipinski definition) is 4. The smallest absolute Gasteiger partial charge is 0.196 e. The predicted molar refractivity (Wildman–Crippen MR) is 102 cm³/mol. The zero-order valence-electron chi connectivity index (χ0n) is 14.3. The summed E-state index contributed by atoms with van der Waals surface area (Å²) in [6, 6.07) is 11.7. The van der Waals surface area contributed by atoms with E-state index in [9.17, 15) is 4.79 Å². The normalized spacial score (nSPS) is 10.9. The summed E-state index contributed by atoms with van der Waals surface area (Å²) in [5.41, 5.74) is 4.72. The monoisotopic (exact) mass is 371 g/mol. The van der Waals surface area contributed by atoms with Crippen LogP contribution in [0.2, 0.25) is 5.02 Å². The fourth-order valence-corrected chi connectivity index (χ4v) is 3.46. The summed E-state index contributed by atoms with van der Waals surface area (Å²) in [5.74, 6) is 0.394. The third kappa shape index (κ3) is 3.94. The number of carbonyl (C=O) groups is 1. The number of nitrogens with zero attached hydrogens (tertiary/aromatic N) is 3. The summed E-state index contributed by atoms with van der Waals surface area (Å²) >= 11 is 7.58. The highest BCUT2D eigenvalue weighted by Gasteiger charge is 2.14. The van der Waals surface area contributed by atoms with Crippen LogP contribution in [0.5, 0.6) is 0 Å². The average molecular weight is 372 g/mol. The van der Waals surface area contributed by atoms with Crippen LogP contribution in [0.3, 0.4) is 0 Å². The van der Waals surface area contributed by atoms with Crippen molar-refractivity contribution in [3.63, 3.8) is 0 Å². The standard InChI is InChI=1S/C19H18ClN3OS/c1-12-4-5-13(2)16(8-12)18(24)10-25-19-22-21-11-23(19)15-7-6-14(3)17(20)9-15/h4-9,11H,10H2,1-3H3. The minimum atomic E-state index is 0.0858. The second kappa shape index (κ2) is 7.42. The summed E-state index contributed by atoms with van der Waals surface area (Å²) < 4.78 is 1.84. The van der Waals surface area contributed by atoms with E-state index in [0.29, 0.717) is 15.9 Å². The highest BCUT2D eigenvalue weighted by atomic mass is 35.5. The fourth-order valence-electron chi connectivity index (χ4n) is 2.48. The van der Waals surface area contributed by atoms with Gasteiger partial charge in [-0.05, 0) is 50.1 Å². The quantitative estimate of drug-likeness (QED) is 0.476. The molecule has 0 saturated heterocycles. The van der Waals surface area contributed by atoms with Gasteiger partial charge >= 0.3 is 0 Å². The van der Waals surface area contributed by atoms with Gasteiger partial charge in [0.25, 0.3) is 0 Å². The highest BCUT2D eigenvalue weighted by molar-refractivity contribution is 7.99. The summed E-state index contributed by atoms with van der Waals surface area (Å²) in [6.07, 6.45) is 1.63. The molecule has 0 aliphatic carbocycles. The molecule has 4 nitrogen and oxygen atoms in total. The number of Topliss-reactive ketones (excluding diaryl/α,β-unsaturated/α-hetero) is 1. The second-order valence-corrected chi connectivity index (χ2v) is 7.30. The molecule has 6 heteroatoms. The number of ketones is 1. The lowest BCUT2D eigenvalue weighted by molar-refractivity contribution is 0.102. The molecule has 0 aliphatic heterocycles. The van der Waals surface area contributed by atoms with E-state index in [1.807, 2.05) is 61.7 Å². The number of carbonyl (C=O) groups excluding carboxylic acids is 1. The van der Waals surface area contributed by atoms with Gasteiger partial charge in [0.05, 0.1) is 11.4 Å². The van der Waals surface area contributed by atoms with Crippen LogP contribution in [-0.4, -0.2) is 26.3 Å². The first-order chi connectivity index (χ1) is 12.0. The van der Waals surface area contributed by atoms with Crippen molar-refractivity contribution in [3.8, 4) is 5.69 Å². The van der Waals surface area contributed by atoms with E-state index in [1.54, 1.807) is 6.33 Å². The van der Waals surface area contributed by atoms with Gasteiger partial charge in [0.15, 0.2) is 10.9 Å². The predicted octanol–water partition coefficient (Wildman–Crippen LogP) is 4.82. The number of aryl methyl sites for hydroxylation is 3. The lowest BCUT2D eigenvalue weighted by Crippen LogP contribution is -2.06. The van der Waals surface area contributed by atoms with Crippen molar-refractivity contribution in [2.24, 2.45) is 0 Å². The molecule has 0 unspecified atom stereocenters. The van der Waals surface area contributed by atoms with Crippen molar-refractivity contribution in [2.45, 2.75) is 25.9 Å². The van der Waals surface area contributed by atoms with Gasteiger partial charge < -0.3 is 0 Å². The van der Waals surface area contributed by atoms with Crippen LogP contribution in [0.25, 0.3) is 5.69 Å². The number of aromatic nitrogens is 3. The van der Waals surface area contributed by atoms with Gasteiger partial charge in [-0.15, -0.1) is 10.2 Å². The molecule has 2 aromatic carbocycles. The molecule has 0 atom stereocenters. The maximum atomic E-state index is 12.6. The van der Waals surface area contributed by atoms with Gasteiger partial charge in [0.2, 0.25) is 0 Å². The van der Waals surface area contributed by atoms with Crippen molar-refractivity contribution in [2.75, 3.05) is 5.75 Å². The largest absolute Gasteiger partial charge is 0.293 e. The van der Waals surface area contributed by atoms with Crippen LogP contribution in [0.15, 0.2) is 47.9 Å². The molecule has 0 bridgehead atoms. The molecule has 0 N–H and O–H groups in total. The Morgan fingerprint density at radius 2 is 1.88 bits per heavy atom. The zero-order chi connectivity index (χ0) is 18.0. The van der Waals surface area contributed by atoms with Crippen LogP contribution < -0.4 is 0 Å². The molecule has 0 radical (unpaired) electrons. The molecule has 0 fully saturated rings. The van der Waals surface area contributed by atoms with E-state index in [-0.39, 0.29) is 5.78 Å². The van der Waals surface area contributed by atoms with Crippen LogP contribution in [-0.2, 0) is 0 Å². The Hall–Kier alpha value is -2.11. The molecule has 3 aromatic rings. The van der Waals surface area contributed by atoms with Gasteiger partial charge in [0, 0.05) is 10.6 Å². The zero-order valence-corrected chi connectivity index (χ0v) is 15.9. The number of thioether (sulfide) groups is 1. The maximum Gasteiger partial charge on any atom is 0.196 e. The maximum absolute atomic E-state index is 12.6. The third-order valence-corrected chi connectivity index (χ3v) is 5.33. The molecule has 25 heavy (non-hydrogen) atoms. The Balaban J connectivity index is 1.78. The molecule has 1 aromatic heterocycles. The molecular formula is C19H18ClN3OS. The minimum Gasteiger partial charge on any atom is -0.293 e. The van der Waals surface area contributed by atoms with E-state index >= 15 is 0 Å². The fraction of sp³-hybridized carbons (Fsp3) is 0.211. The van der Waals surface area contributed by atoms with E-state index in [2.05, 4.69) is 10.2 Å². The van der Waals surface area contributed by atoms with Gasteiger partial charge in [-0.25, -0.2) is 0 Å². The van der Waals surface area contributed by atoms with Gasteiger partial charge in [-0.2, -0.15) is 0 Å². The van der Waals surface area contributed by atoms with Gasteiger partial charge in [-0.1, -0.05) is 47.1 Å². The summed E-state index contributed by atoms with van der Waals surface area (Å²) in [7, 11) is 0. The Morgan fingerprint density at radius 1 is 1.12 bits per heavy atom. The Morgan fingerprint density at radius 3 is 2.64 bits per heavy atom. The highest BCUT2D eigenvalue weighted by Crippen LogP contribution is 2.24. The van der Waals surface area contributed by atoms with Crippen molar-refractivity contribution in [3.05, 3.63) is 70.0 Å². The average Bonchev–Trinajstić information content (AvgIpc) is 3.06. The molecule has 0 amide bonds. The lowest BCUT2D eigenvalue weighted by atomic mass is 10.0. The first-order valence-corrected chi connectivity index (χ1v) is 9.22. The van der Waals surface area contributed by atoms with E-state index in [4.69, 9.17) is 11.6 Å². The van der Waals surface area contributed by atoms with Crippen LogP contribution >= 0.6 is 23.4 Å². The number of halogens is 1. The van der Waals surface area contributed by atoms with Gasteiger partial charge in [-0.3, -0.25) is 9.36 Å². The van der Waals surface area contributed by atoms with Crippen LogP contribution in [0, 0.1) is 20.8 Å². The van der Waals surface area contributed by atoms with E-state index < -0.39 is 0 Å². The van der Waals surface area contributed by atoms with Crippen LogP contribution in [0.4, 0.5) is 0 Å². The Bertz CT molecular complexity index is 936. The second-order valence-electron chi connectivity index (χ2n) is 5.95. The molecule has 3 rings (SSSR count). The molecule has 0 saturated carbocycles. The molecule has 0 spiro atoms. The van der Waals surface area contributed by atoms with E-state index in [1.165, 1.54) is 11.8 Å². The molecule has 1 heterocycles. The van der Waals surface area contributed by atoms with Crippen LogP contribution in [0.1, 0.15) is 27.0 Å². The summed E-state index contributed by atoms with van der Waals surface area (Å²) in [4.78, 5) is 12.6. The van der Waals surface area contributed by atoms with Crippen molar-refractivity contribution >= 4 is 29.1 Å². The first-order valence-electron chi connectivity index (χ1n) is 7.85. The third-order valence-electron chi connectivity index (χ3n) is 3.98. The minimum absolute atomic E-state index is 0.0858. The number of benzene rings is 2. The van der Waals surface area contributed by atoms with Crippen molar-refractivity contribution < 1.29 is 4.79 Å². The first kappa shape index (κ1) is 17.7. The molecular weight excluding hydrogens is 354 g/mol. The SMILES string of the molecule is Cc1ccc(C)c(C(=O)CSc2nncn2-c2ccc(C)c(Cl)c2)c1. The Kier molecular flexibility index (Phi) is 5.25. The van der Waals surface area contributed by atoms with Crippen molar-refractivity contribution in [1.82, 2.24) is 14.8 Å². The summed E-state index contributed by atoms with van der Waals surface area (Å²) in [6.45, 7) is 5.89. The molecule has 0 aliphatic rings. The Labute approximate surface area is 156 Å². The van der Waals surface area contributed by atoms with Crippen molar-refractivity contribution in [1.29, 1.82) is 0 Å². The molecule has 128 valence electrons. The van der Waals surface area contributed by atoms with E-state index in [0.717, 1.165) is 27.9 Å². The lowest BCUT2D eigenvalue weighted by Gasteiger charge is -2.09. The topological polar surface area (TPSA) is 47.8 Å².